The van der Waals surface area contributed by atoms with Crippen molar-refractivity contribution in [3.05, 3.63) is 0 Å². The highest BCUT2D eigenvalue weighted by atomic mass is 127. The molecule has 0 fully saturated rings. The monoisotopic (exact) mass is 328 g/mol. The van der Waals surface area contributed by atoms with Crippen molar-refractivity contribution in [3.8, 4) is 0 Å². The number of nitrogens with zero attached hydrogens (tertiary/aromatic N) is 1. The molecule has 0 spiro atoms. The first kappa shape index (κ1) is 15.1. The Kier molecular flexibility index (Phi) is 6.70. The van der Waals surface area contributed by atoms with Crippen LogP contribution in [0.5, 0.6) is 0 Å². The first-order valence-electron chi connectivity index (χ1n) is 4.90. The quantitative estimate of drug-likeness (QED) is 0.630. The summed E-state index contributed by atoms with van der Waals surface area (Å²) in [6.45, 7) is 5.99. The van der Waals surface area contributed by atoms with E-state index in [0.717, 1.165) is 18.8 Å². The Labute approximate surface area is 109 Å². The molecular weight excluding hydrogens is 307 g/mol. The van der Waals surface area contributed by atoms with Crippen molar-refractivity contribution in [3.63, 3.8) is 0 Å². The molecule has 5 heteroatoms. The SMILES string of the molecule is COC(CNC1=NCC(C)(C)C1)OC.I. The predicted molar refractivity (Wildman–Crippen MR) is 71.9 cm³/mol. The van der Waals surface area contributed by atoms with Gasteiger partial charge in [0.25, 0.3) is 0 Å². The fraction of sp³-hybridized carbons (Fsp3) is 0.900. The van der Waals surface area contributed by atoms with Gasteiger partial charge < -0.3 is 14.8 Å². The first-order valence-corrected chi connectivity index (χ1v) is 4.90. The van der Waals surface area contributed by atoms with Crippen LogP contribution in [0.2, 0.25) is 0 Å². The number of aliphatic imine (C=N–C) groups is 1. The molecule has 1 rings (SSSR count). The van der Waals surface area contributed by atoms with Crippen molar-refractivity contribution < 1.29 is 9.47 Å². The third-order valence-corrected chi connectivity index (χ3v) is 2.34. The van der Waals surface area contributed by atoms with Crippen LogP contribution in [0, 0.1) is 5.41 Å². The summed E-state index contributed by atoms with van der Waals surface area (Å²) in [6.07, 6.45) is 0.814. The zero-order valence-electron chi connectivity index (χ0n) is 9.87. The smallest absolute Gasteiger partial charge is 0.173 e. The Morgan fingerprint density at radius 2 is 2.00 bits per heavy atom. The zero-order valence-corrected chi connectivity index (χ0v) is 12.2. The Balaban J connectivity index is 0.00000196. The van der Waals surface area contributed by atoms with Crippen molar-refractivity contribution in [2.24, 2.45) is 10.4 Å². The second kappa shape index (κ2) is 6.65. The second-order valence-electron chi connectivity index (χ2n) is 4.39. The standard InChI is InChI=1S/C10H20N2O2.HI/c1-10(2)5-8(12-7-10)11-6-9(13-3)14-4;/h9H,5-7H2,1-4H3,(H,11,12);1H. The molecule has 0 bridgehead atoms. The lowest BCUT2D eigenvalue weighted by molar-refractivity contribution is -0.0965. The minimum absolute atomic E-state index is 0. The summed E-state index contributed by atoms with van der Waals surface area (Å²) >= 11 is 0. The van der Waals surface area contributed by atoms with E-state index in [1.54, 1.807) is 14.2 Å². The van der Waals surface area contributed by atoms with Crippen LogP contribution < -0.4 is 5.32 Å². The number of methoxy groups -OCH3 is 2. The van der Waals surface area contributed by atoms with Gasteiger partial charge in [-0.2, -0.15) is 0 Å². The third kappa shape index (κ3) is 5.12. The van der Waals surface area contributed by atoms with Gasteiger partial charge in [0, 0.05) is 27.2 Å². The minimum atomic E-state index is -0.193. The molecule has 4 nitrogen and oxygen atoms in total. The first-order chi connectivity index (χ1) is 6.57. The molecule has 0 saturated heterocycles. The van der Waals surface area contributed by atoms with Gasteiger partial charge in [-0.1, -0.05) is 13.8 Å². The molecule has 1 heterocycles. The van der Waals surface area contributed by atoms with Gasteiger partial charge >= 0.3 is 0 Å². The van der Waals surface area contributed by atoms with Crippen LogP contribution in [0.1, 0.15) is 20.3 Å². The Bertz CT molecular complexity index is 215. The zero-order chi connectivity index (χ0) is 10.6. The van der Waals surface area contributed by atoms with Gasteiger partial charge in [-0.15, -0.1) is 24.0 Å². The molecule has 0 aliphatic carbocycles. The summed E-state index contributed by atoms with van der Waals surface area (Å²) in [5, 5.41) is 3.24. The lowest BCUT2D eigenvalue weighted by atomic mass is 9.92. The summed E-state index contributed by atoms with van der Waals surface area (Å²) in [7, 11) is 3.27. The highest BCUT2D eigenvalue weighted by molar-refractivity contribution is 14.0. The molecule has 90 valence electrons. The third-order valence-electron chi connectivity index (χ3n) is 2.34. The van der Waals surface area contributed by atoms with E-state index in [2.05, 4.69) is 24.2 Å². The second-order valence-corrected chi connectivity index (χ2v) is 4.39. The van der Waals surface area contributed by atoms with E-state index in [-0.39, 0.29) is 30.3 Å². The van der Waals surface area contributed by atoms with Crippen LogP contribution in [0.15, 0.2) is 4.99 Å². The molecule has 0 radical (unpaired) electrons. The van der Waals surface area contributed by atoms with Crippen molar-refractivity contribution in [1.29, 1.82) is 0 Å². The highest BCUT2D eigenvalue weighted by Gasteiger charge is 2.26. The molecule has 0 aromatic heterocycles. The normalized spacial score (nSPS) is 18.6. The van der Waals surface area contributed by atoms with Crippen molar-refractivity contribution in [2.75, 3.05) is 27.3 Å². The van der Waals surface area contributed by atoms with E-state index < -0.39 is 0 Å². The minimum Gasteiger partial charge on any atom is -0.369 e. The molecule has 1 aliphatic heterocycles. The van der Waals surface area contributed by atoms with Gasteiger partial charge in [-0.3, -0.25) is 4.99 Å². The summed E-state index contributed by atoms with van der Waals surface area (Å²) in [5.74, 6) is 1.06. The molecule has 0 unspecified atom stereocenters. The molecule has 0 aromatic rings. The van der Waals surface area contributed by atoms with Crippen LogP contribution in [0.4, 0.5) is 0 Å². The van der Waals surface area contributed by atoms with Gasteiger partial charge in [0.2, 0.25) is 0 Å². The van der Waals surface area contributed by atoms with Gasteiger partial charge in [-0.05, 0) is 5.41 Å². The maximum absolute atomic E-state index is 5.07. The molecule has 1 N–H and O–H groups in total. The number of ether oxygens (including phenoxy) is 2. The summed E-state index contributed by atoms with van der Waals surface area (Å²) in [4.78, 5) is 4.42. The summed E-state index contributed by atoms with van der Waals surface area (Å²) in [5.41, 5.74) is 0.304. The number of nitrogens with one attached hydrogen (secondary N) is 1. The Hall–Kier alpha value is 0.120. The van der Waals surface area contributed by atoms with E-state index in [4.69, 9.17) is 9.47 Å². The molecule has 0 saturated carbocycles. The molecule has 15 heavy (non-hydrogen) atoms. The van der Waals surface area contributed by atoms with Crippen LogP contribution >= 0.6 is 24.0 Å². The highest BCUT2D eigenvalue weighted by Crippen LogP contribution is 2.25. The Morgan fingerprint density at radius 1 is 1.40 bits per heavy atom. The number of amidine groups is 1. The van der Waals surface area contributed by atoms with Gasteiger partial charge in [-0.25, -0.2) is 0 Å². The molecule has 0 aromatic carbocycles. The van der Waals surface area contributed by atoms with Gasteiger partial charge in [0.15, 0.2) is 6.29 Å². The van der Waals surface area contributed by atoms with E-state index >= 15 is 0 Å². The maximum atomic E-state index is 5.07. The maximum Gasteiger partial charge on any atom is 0.173 e. The predicted octanol–water partition coefficient (Wildman–Crippen LogP) is 1.64. The lowest BCUT2D eigenvalue weighted by Gasteiger charge is -2.17. The van der Waals surface area contributed by atoms with Crippen molar-refractivity contribution in [1.82, 2.24) is 5.32 Å². The average molecular weight is 328 g/mol. The fourth-order valence-electron chi connectivity index (χ4n) is 1.46. The molecular formula is C10H21IN2O2. The van der Waals surface area contributed by atoms with E-state index in [1.807, 2.05) is 0 Å². The lowest BCUT2D eigenvalue weighted by Crippen LogP contribution is -2.34. The number of hydrogen-bond donors (Lipinski definition) is 1. The summed E-state index contributed by atoms with van der Waals surface area (Å²) in [6, 6.07) is 0. The van der Waals surface area contributed by atoms with Crippen LogP contribution in [-0.4, -0.2) is 39.4 Å². The van der Waals surface area contributed by atoms with Crippen molar-refractivity contribution in [2.45, 2.75) is 26.6 Å². The Morgan fingerprint density at radius 3 is 2.40 bits per heavy atom. The largest absolute Gasteiger partial charge is 0.369 e. The number of hydrogen-bond acceptors (Lipinski definition) is 4. The molecule has 1 aliphatic rings. The fourth-order valence-corrected chi connectivity index (χ4v) is 1.46. The van der Waals surface area contributed by atoms with Gasteiger partial charge in [0.1, 0.15) is 0 Å². The topological polar surface area (TPSA) is 42.8 Å². The average Bonchev–Trinajstić information content (AvgIpc) is 2.47. The molecule has 0 atom stereocenters. The number of rotatable bonds is 4. The van der Waals surface area contributed by atoms with Crippen LogP contribution in [0.3, 0.4) is 0 Å². The summed E-state index contributed by atoms with van der Waals surface area (Å²) < 4.78 is 10.1. The van der Waals surface area contributed by atoms with E-state index in [0.29, 0.717) is 12.0 Å². The van der Waals surface area contributed by atoms with Crippen LogP contribution in [-0.2, 0) is 9.47 Å². The molecule has 0 amide bonds. The van der Waals surface area contributed by atoms with Gasteiger partial charge in [0.05, 0.1) is 12.4 Å². The van der Waals surface area contributed by atoms with E-state index in [1.165, 1.54) is 0 Å². The number of halogens is 1. The van der Waals surface area contributed by atoms with Crippen molar-refractivity contribution >= 4 is 29.8 Å². The van der Waals surface area contributed by atoms with E-state index in [9.17, 15) is 0 Å². The van der Waals surface area contributed by atoms with Crippen LogP contribution in [0.25, 0.3) is 0 Å².